The number of non-ortho nitro benzene ring substituents is 1. The number of nitrogens with zero attached hydrogens (tertiary/aromatic N) is 1. The second kappa shape index (κ2) is 5.66. The van der Waals surface area contributed by atoms with E-state index in [1.165, 1.54) is 19.2 Å². The molecule has 0 heterocycles. The third-order valence-electron chi connectivity index (χ3n) is 1.97. The molecular formula is C12H11NO4. The average molecular weight is 233 g/mol. The Balaban J connectivity index is 2.91. The van der Waals surface area contributed by atoms with Gasteiger partial charge in [0.1, 0.15) is 6.42 Å². The first-order chi connectivity index (χ1) is 8.02. The monoisotopic (exact) mass is 233 g/mol. The van der Waals surface area contributed by atoms with Crippen molar-refractivity contribution in [2.45, 2.75) is 13.3 Å². The van der Waals surface area contributed by atoms with E-state index in [-0.39, 0.29) is 12.1 Å². The van der Waals surface area contributed by atoms with Crippen LogP contribution in [-0.2, 0) is 9.53 Å². The highest BCUT2D eigenvalue weighted by Crippen LogP contribution is 2.15. The fraction of sp³-hybridized carbons (Fsp3) is 0.250. The molecular weight excluding hydrogens is 222 g/mol. The van der Waals surface area contributed by atoms with Crippen molar-refractivity contribution in [1.29, 1.82) is 0 Å². The molecule has 0 saturated carbocycles. The first kappa shape index (κ1) is 12.7. The van der Waals surface area contributed by atoms with Gasteiger partial charge in [0.25, 0.3) is 5.69 Å². The van der Waals surface area contributed by atoms with E-state index in [9.17, 15) is 14.9 Å². The predicted octanol–water partition coefficient (Wildman–Crippen LogP) is 1.82. The van der Waals surface area contributed by atoms with Crippen LogP contribution >= 0.6 is 0 Å². The molecule has 17 heavy (non-hydrogen) atoms. The Morgan fingerprint density at radius 3 is 2.76 bits per heavy atom. The number of methoxy groups -OCH3 is 1. The van der Waals surface area contributed by atoms with E-state index < -0.39 is 10.9 Å². The van der Waals surface area contributed by atoms with Gasteiger partial charge in [-0.15, -0.1) is 0 Å². The smallest absolute Gasteiger partial charge is 0.317 e. The minimum atomic E-state index is -0.474. The number of aryl methyl sites for hydroxylation is 1. The van der Waals surface area contributed by atoms with Gasteiger partial charge in [0, 0.05) is 17.7 Å². The van der Waals surface area contributed by atoms with E-state index in [1.807, 2.05) is 0 Å². The number of esters is 1. The highest BCUT2D eigenvalue weighted by atomic mass is 16.6. The van der Waals surface area contributed by atoms with Crippen LogP contribution in [-0.4, -0.2) is 18.0 Å². The second-order valence-electron chi connectivity index (χ2n) is 3.37. The van der Waals surface area contributed by atoms with Gasteiger partial charge in [0.15, 0.2) is 0 Å². The van der Waals surface area contributed by atoms with Gasteiger partial charge < -0.3 is 4.74 Å². The number of nitro groups is 1. The van der Waals surface area contributed by atoms with Crippen molar-refractivity contribution >= 4 is 11.7 Å². The van der Waals surface area contributed by atoms with Crippen LogP contribution in [0.15, 0.2) is 18.2 Å². The Morgan fingerprint density at radius 1 is 1.47 bits per heavy atom. The molecule has 0 radical (unpaired) electrons. The van der Waals surface area contributed by atoms with Crippen molar-refractivity contribution in [1.82, 2.24) is 0 Å². The zero-order valence-electron chi connectivity index (χ0n) is 9.52. The number of hydrogen-bond acceptors (Lipinski definition) is 4. The molecule has 0 atom stereocenters. The summed E-state index contributed by atoms with van der Waals surface area (Å²) in [5.74, 6) is 4.86. The lowest BCUT2D eigenvalue weighted by Crippen LogP contribution is -1.97. The van der Waals surface area contributed by atoms with Crippen molar-refractivity contribution in [3.05, 3.63) is 39.4 Å². The van der Waals surface area contributed by atoms with Gasteiger partial charge in [-0.2, -0.15) is 0 Å². The molecule has 0 aliphatic carbocycles. The molecule has 1 aromatic carbocycles. The zero-order valence-corrected chi connectivity index (χ0v) is 9.52. The SMILES string of the molecule is COC(=O)CC#Cc1cc(C)cc([N+](=O)[O-])c1. The summed E-state index contributed by atoms with van der Waals surface area (Å²) in [4.78, 5) is 21.0. The number of nitro benzene ring substituents is 1. The zero-order chi connectivity index (χ0) is 12.8. The summed E-state index contributed by atoms with van der Waals surface area (Å²) in [7, 11) is 1.28. The van der Waals surface area contributed by atoms with E-state index in [4.69, 9.17) is 0 Å². The van der Waals surface area contributed by atoms with Crippen molar-refractivity contribution < 1.29 is 14.5 Å². The highest BCUT2D eigenvalue weighted by Gasteiger charge is 2.06. The van der Waals surface area contributed by atoms with E-state index in [0.29, 0.717) is 5.56 Å². The number of carbonyl (C=O) groups is 1. The molecule has 1 aromatic rings. The molecule has 0 amide bonds. The molecule has 0 unspecified atom stereocenters. The van der Waals surface area contributed by atoms with Crippen LogP contribution in [0, 0.1) is 28.9 Å². The summed E-state index contributed by atoms with van der Waals surface area (Å²) >= 11 is 0. The summed E-state index contributed by atoms with van der Waals surface area (Å²) in [6, 6.07) is 4.56. The minimum Gasteiger partial charge on any atom is -0.468 e. The Labute approximate surface area is 98.5 Å². The third-order valence-corrected chi connectivity index (χ3v) is 1.97. The van der Waals surface area contributed by atoms with Crippen molar-refractivity contribution in [3.8, 4) is 11.8 Å². The van der Waals surface area contributed by atoms with E-state index in [1.54, 1.807) is 13.0 Å². The van der Waals surface area contributed by atoms with Crippen LogP contribution in [0.25, 0.3) is 0 Å². The number of carbonyl (C=O) groups excluding carboxylic acids is 1. The molecule has 0 aliphatic rings. The Hall–Kier alpha value is -2.35. The highest BCUT2D eigenvalue weighted by molar-refractivity contribution is 5.72. The molecule has 0 aliphatic heterocycles. The number of ether oxygens (including phenoxy) is 1. The lowest BCUT2D eigenvalue weighted by molar-refractivity contribution is -0.384. The topological polar surface area (TPSA) is 69.4 Å². The second-order valence-corrected chi connectivity index (χ2v) is 3.37. The molecule has 5 heteroatoms. The predicted molar refractivity (Wildman–Crippen MR) is 61.3 cm³/mol. The summed E-state index contributed by atoms with van der Waals surface area (Å²) in [5.41, 5.74) is 1.26. The van der Waals surface area contributed by atoms with E-state index in [0.717, 1.165) is 5.56 Å². The van der Waals surface area contributed by atoms with Gasteiger partial charge in [-0.05, 0) is 18.6 Å². The van der Waals surface area contributed by atoms with Crippen molar-refractivity contribution in [3.63, 3.8) is 0 Å². The summed E-state index contributed by atoms with van der Waals surface area (Å²) in [5, 5.41) is 10.6. The number of benzene rings is 1. The normalized spacial score (nSPS) is 9.06. The van der Waals surface area contributed by atoms with Crippen LogP contribution < -0.4 is 0 Å². The fourth-order valence-electron chi connectivity index (χ4n) is 1.23. The fourth-order valence-corrected chi connectivity index (χ4v) is 1.23. The Kier molecular flexibility index (Phi) is 4.23. The quantitative estimate of drug-likeness (QED) is 0.338. The molecule has 0 aromatic heterocycles. The van der Waals surface area contributed by atoms with Gasteiger partial charge in [-0.1, -0.05) is 11.8 Å². The standard InChI is InChI=1S/C12H11NO4/c1-9-6-10(4-3-5-12(14)17-2)8-11(7-9)13(15)16/h6-8H,5H2,1-2H3. The van der Waals surface area contributed by atoms with Gasteiger partial charge in [0.05, 0.1) is 12.0 Å². The van der Waals surface area contributed by atoms with Crippen molar-refractivity contribution in [2.24, 2.45) is 0 Å². The largest absolute Gasteiger partial charge is 0.468 e. The van der Waals surface area contributed by atoms with Crippen LogP contribution in [0.3, 0.4) is 0 Å². The summed E-state index contributed by atoms with van der Waals surface area (Å²) in [6.45, 7) is 1.75. The maximum atomic E-state index is 10.8. The first-order valence-corrected chi connectivity index (χ1v) is 4.84. The number of hydrogen-bond donors (Lipinski definition) is 0. The molecule has 0 N–H and O–H groups in total. The molecule has 0 fully saturated rings. The Bertz CT molecular complexity index is 511. The van der Waals surface area contributed by atoms with Crippen LogP contribution in [0.4, 0.5) is 5.69 Å². The molecule has 1 rings (SSSR count). The lowest BCUT2D eigenvalue weighted by Gasteiger charge is -1.96. The number of rotatable bonds is 2. The van der Waals surface area contributed by atoms with Gasteiger partial charge in [-0.3, -0.25) is 14.9 Å². The Morgan fingerprint density at radius 2 is 2.18 bits per heavy atom. The molecule has 0 bridgehead atoms. The average Bonchev–Trinajstić information content (AvgIpc) is 2.28. The lowest BCUT2D eigenvalue weighted by atomic mass is 10.1. The van der Waals surface area contributed by atoms with Crippen molar-refractivity contribution in [2.75, 3.05) is 7.11 Å². The minimum absolute atomic E-state index is 0.00707. The molecule has 0 saturated heterocycles. The van der Waals surface area contributed by atoms with Gasteiger partial charge in [0.2, 0.25) is 0 Å². The van der Waals surface area contributed by atoms with E-state index in [2.05, 4.69) is 16.6 Å². The maximum Gasteiger partial charge on any atom is 0.317 e. The molecule has 5 nitrogen and oxygen atoms in total. The van der Waals surface area contributed by atoms with Crippen LogP contribution in [0.2, 0.25) is 0 Å². The molecule has 0 spiro atoms. The van der Waals surface area contributed by atoms with E-state index >= 15 is 0 Å². The van der Waals surface area contributed by atoms with Crippen LogP contribution in [0.5, 0.6) is 0 Å². The van der Waals surface area contributed by atoms with Gasteiger partial charge >= 0.3 is 5.97 Å². The van der Waals surface area contributed by atoms with Gasteiger partial charge in [-0.25, -0.2) is 0 Å². The molecule has 88 valence electrons. The third kappa shape index (κ3) is 3.95. The van der Waals surface area contributed by atoms with Crippen LogP contribution in [0.1, 0.15) is 17.5 Å². The summed E-state index contributed by atoms with van der Waals surface area (Å²) < 4.78 is 4.42. The maximum absolute atomic E-state index is 10.8. The first-order valence-electron chi connectivity index (χ1n) is 4.84. The summed E-state index contributed by atoms with van der Waals surface area (Å²) in [6.07, 6.45) is -0.0295.